The first-order chi connectivity index (χ1) is 28.0. The molecule has 0 aromatic rings. The van der Waals surface area contributed by atoms with Crippen LogP contribution in [0.5, 0.6) is 0 Å². The molecular formula is C46H76O14. The number of rotatable bonds is 13. The van der Waals surface area contributed by atoms with Crippen molar-refractivity contribution < 1.29 is 68.3 Å². The maximum Gasteiger partial charge on any atom is 0.306 e. The van der Waals surface area contributed by atoms with E-state index in [1.54, 1.807) is 13.8 Å². The predicted octanol–water partition coefficient (Wildman–Crippen LogP) is 5.64. The van der Waals surface area contributed by atoms with Crippen molar-refractivity contribution in [2.24, 2.45) is 40.9 Å². The summed E-state index contributed by atoms with van der Waals surface area (Å²) in [5.74, 6) is -6.63. The molecule has 5 N–H and O–H groups in total. The summed E-state index contributed by atoms with van der Waals surface area (Å²) in [4.78, 5) is 25.2. The fraction of sp³-hybridized carbons (Fsp3) is 0.913. The van der Waals surface area contributed by atoms with Crippen LogP contribution in [0.1, 0.15) is 140 Å². The standard InChI is InChI=1S/C46H76O14/c1-11-12-32(39(50)25(2)17-27(4)41(51)52)21-42(9)24-54-44(22-36(42)49)16-15-43(10,60-44)37-20-34(56-38-14-13-33(48)31(8)55-38)30(7)46(58-37)29(6)19-35(57-46)40-26(3)18-28(5)45(53,23-47)59-40/h12,25-31,33-38,40,47-49,53H,11,13-24H2,1-10H3,(H,51,52)/b32-12+/t25?,26-,27?,28+,29+,30+,31+,33-,34-,35?,36-,37?,38-,40?,42-,43-,44?,45-,46?/m0/s1. The van der Waals surface area contributed by atoms with Crippen LogP contribution in [0.15, 0.2) is 11.6 Å². The molecule has 0 aromatic carbocycles. The number of Topliss-reactive ketones (excluding diaryl/α,β-unsaturated/α-hetero) is 1. The minimum Gasteiger partial charge on any atom is -0.481 e. The first kappa shape index (κ1) is 47.9. The Hall–Kier alpha value is -1.56. The van der Waals surface area contributed by atoms with Gasteiger partial charge >= 0.3 is 5.97 Å². The van der Waals surface area contributed by atoms with E-state index in [0.29, 0.717) is 63.4 Å². The van der Waals surface area contributed by atoms with Crippen molar-refractivity contribution in [1.29, 1.82) is 0 Å². The van der Waals surface area contributed by atoms with Gasteiger partial charge in [-0.25, -0.2) is 0 Å². The molecule has 6 aliphatic heterocycles. The Kier molecular flexibility index (Phi) is 14.5. The Labute approximate surface area is 357 Å². The van der Waals surface area contributed by atoms with E-state index in [1.807, 2.05) is 40.7 Å². The number of carbonyl (C=O) groups is 2. The molecule has 6 heterocycles. The second-order valence-corrected chi connectivity index (χ2v) is 20.5. The normalized spacial score (nSPS) is 48.7. The van der Waals surface area contributed by atoms with Gasteiger partial charge in [-0.2, -0.15) is 0 Å². The van der Waals surface area contributed by atoms with Crippen molar-refractivity contribution in [3.63, 3.8) is 0 Å². The molecule has 6 fully saturated rings. The molecule has 6 rings (SSSR count). The van der Waals surface area contributed by atoms with Gasteiger partial charge < -0.3 is 58.7 Å². The van der Waals surface area contributed by atoms with Gasteiger partial charge in [0.25, 0.3) is 0 Å². The van der Waals surface area contributed by atoms with Gasteiger partial charge in [0.2, 0.25) is 0 Å². The van der Waals surface area contributed by atoms with Crippen LogP contribution in [0.4, 0.5) is 0 Å². The number of carbonyl (C=O) groups excluding carboxylic acids is 1. The molecule has 60 heavy (non-hydrogen) atoms. The molecule has 0 saturated carbocycles. The maximum absolute atomic E-state index is 13.7. The lowest BCUT2D eigenvalue weighted by Crippen LogP contribution is -2.63. The number of hydrogen-bond donors (Lipinski definition) is 5. The number of aliphatic hydroxyl groups is 4. The zero-order chi connectivity index (χ0) is 44.2. The number of carboxylic acids is 1. The third-order valence-corrected chi connectivity index (χ3v) is 15.5. The summed E-state index contributed by atoms with van der Waals surface area (Å²) in [6.45, 7) is 18.9. The number of allylic oxidation sites excluding steroid dienone is 2. The minimum absolute atomic E-state index is 0.0521. The third kappa shape index (κ3) is 9.32. The molecule has 0 bridgehead atoms. The van der Waals surface area contributed by atoms with Crippen LogP contribution in [-0.4, -0.2) is 122 Å². The molecule has 14 heteroatoms. The molecule has 6 aliphatic rings. The number of hydrogen-bond acceptors (Lipinski definition) is 13. The van der Waals surface area contributed by atoms with E-state index < -0.39 is 89.6 Å². The van der Waals surface area contributed by atoms with E-state index in [0.717, 1.165) is 0 Å². The molecular weight excluding hydrogens is 776 g/mol. The van der Waals surface area contributed by atoms with Crippen LogP contribution in [0.2, 0.25) is 0 Å². The van der Waals surface area contributed by atoms with Crippen molar-refractivity contribution >= 4 is 11.8 Å². The van der Waals surface area contributed by atoms with Crippen LogP contribution >= 0.6 is 0 Å². The Bertz CT molecular complexity index is 1560. The fourth-order valence-electron chi connectivity index (χ4n) is 11.2. The molecule has 2 spiro atoms. The lowest BCUT2D eigenvalue weighted by Gasteiger charge is -2.54. The van der Waals surface area contributed by atoms with Gasteiger partial charge in [-0.05, 0) is 70.3 Å². The summed E-state index contributed by atoms with van der Waals surface area (Å²) >= 11 is 0. The Morgan fingerprint density at radius 2 is 1.65 bits per heavy atom. The topological polar surface area (TPSA) is 200 Å². The molecule has 0 aromatic heterocycles. The van der Waals surface area contributed by atoms with E-state index in [-0.39, 0.29) is 61.1 Å². The molecule has 0 aliphatic carbocycles. The molecule has 14 nitrogen and oxygen atoms in total. The summed E-state index contributed by atoms with van der Waals surface area (Å²) in [6, 6.07) is 0. The third-order valence-electron chi connectivity index (χ3n) is 15.5. The highest BCUT2D eigenvalue weighted by Gasteiger charge is 2.65. The summed E-state index contributed by atoms with van der Waals surface area (Å²) in [7, 11) is 0. The molecule has 344 valence electrons. The molecule has 6 saturated heterocycles. The van der Waals surface area contributed by atoms with Crippen molar-refractivity contribution in [3.05, 3.63) is 11.6 Å². The van der Waals surface area contributed by atoms with Crippen molar-refractivity contribution in [1.82, 2.24) is 0 Å². The van der Waals surface area contributed by atoms with E-state index >= 15 is 0 Å². The van der Waals surface area contributed by atoms with E-state index in [4.69, 9.17) is 33.2 Å². The molecule has 19 atom stereocenters. The Morgan fingerprint density at radius 1 is 0.933 bits per heavy atom. The van der Waals surface area contributed by atoms with Crippen molar-refractivity contribution in [2.45, 2.75) is 212 Å². The lowest BCUT2D eigenvalue weighted by molar-refractivity contribution is -0.388. The maximum atomic E-state index is 13.7. The highest BCUT2D eigenvalue weighted by Crippen LogP contribution is 2.57. The zero-order valence-electron chi connectivity index (χ0n) is 37.8. The minimum atomic E-state index is -1.67. The number of aliphatic hydroxyl groups excluding tert-OH is 3. The van der Waals surface area contributed by atoms with Crippen LogP contribution in [-0.2, 0) is 42.7 Å². The summed E-state index contributed by atoms with van der Waals surface area (Å²) in [6.07, 6.45) is 3.01. The first-order valence-corrected chi connectivity index (χ1v) is 22.9. The SMILES string of the molecule is CC/C=C(\C[C@@]1(C)COC2(CC[C@@](C)(C3C[C@H](O[C@H]4CC[C@H](O)[C@@H](C)O4)[C@@H](C)C4(OC(C5O[C@@](O)(CO)[C@H](C)C[C@@H]5C)C[C@H]4C)O3)O2)C[C@@H]1O)C(=O)C(C)CC(C)C(=O)O. The van der Waals surface area contributed by atoms with Gasteiger partial charge in [0, 0.05) is 54.8 Å². The highest BCUT2D eigenvalue weighted by molar-refractivity contribution is 5.97. The van der Waals surface area contributed by atoms with Crippen LogP contribution < -0.4 is 0 Å². The largest absolute Gasteiger partial charge is 0.481 e. The average molecular weight is 853 g/mol. The predicted molar refractivity (Wildman–Crippen MR) is 219 cm³/mol. The lowest BCUT2D eigenvalue weighted by atomic mass is 9.72. The van der Waals surface area contributed by atoms with E-state index in [9.17, 15) is 35.1 Å². The van der Waals surface area contributed by atoms with Gasteiger partial charge in [0.1, 0.15) is 0 Å². The Balaban J connectivity index is 1.21. The van der Waals surface area contributed by atoms with E-state index in [2.05, 4.69) is 20.8 Å². The quantitative estimate of drug-likeness (QED) is 0.143. The molecule has 0 amide bonds. The number of ether oxygens (including phenoxy) is 7. The van der Waals surface area contributed by atoms with Crippen LogP contribution in [0.25, 0.3) is 0 Å². The molecule has 7 unspecified atom stereocenters. The number of aliphatic carboxylic acids is 1. The highest BCUT2D eigenvalue weighted by atomic mass is 16.8. The zero-order valence-corrected chi connectivity index (χ0v) is 37.8. The summed E-state index contributed by atoms with van der Waals surface area (Å²) < 4.78 is 47.3. The summed E-state index contributed by atoms with van der Waals surface area (Å²) in [5, 5.41) is 53.1. The van der Waals surface area contributed by atoms with Gasteiger partial charge in [0.05, 0.1) is 67.5 Å². The van der Waals surface area contributed by atoms with Crippen molar-refractivity contribution in [3.8, 4) is 0 Å². The summed E-state index contributed by atoms with van der Waals surface area (Å²) in [5.41, 5.74) is -1.07. The molecule has 0 radical (unpaired) electrons. The second kappa shape index (κ2) is 18.1. The van der Waals surface area contributed by atoms with Gasteiger partial charge in [-0.3, -0.25) is 9.59 Å². The van der Waals surface area contributed by atoms with Crippen LogP contribution in [0, 0.1) is 40.9 Å². The van der Waals surface area contributed by atoms with Gasteiger partial charge in [-0.15, -0.1) is 0 Å². The van der Waals surface area contributed by atoms with Gasteiger partial charge in [-0.1, -0.05) is 61.5 Å². The average Bonchev–Trinajstić information content (AvgIpc) is 3.70. The fourth-order valence-corrected chi connectivity index (χ4v) is 11.2. The Morgan fingerprint density at radius 3 is 2.28 bits per heavy atom. The van der Waals surface area contributed by atoms with Crippen LogP contribution in [0.3, 0.4) is 0 Å². The number of ketones is 1. The first-order valence-electron chi connectivity index (χ1n) is 22.9. The van der Waals surface area contributed by atoms with E-state index in [1.165, 1.54) is 0 Å². The monoisotopic (exact) mass is 853 g/mol. The van der Waals surface area contributed by atoms with Gasteiger partial charge in [0.15, 0.2) is 29.4 Å². The number of carboxylic acid groups (broad SMARTS) is 1. The second-order valence-electron chi connectivity index (χ2n) is 20.5. The smallest absolute Gasteiger partial charge is 0.306 e. The van der Waals surface area contributed by atoms with Crippen molar-refractivity contribution in [2.75, 3.05) is 13.2 Å².